The molecule has 0 bridgehead atoms. The Morgan fingerprint density at radius 3 is 2.83 bits per heavy atom. The fourth-order valence-electron chi connectivity index (χ4n) is 2.41. The van der Waals surface area contributed by atoms with E-state index in [1.54, 1.807) is 25.4 Å². The lowest BCUT2D eigenvalue weighted by Crippen LogP contribution is -2.30. The molecule has 0 saturated carbocycles. The number of rotatable bonds is 5. The minimum Gasteiger partial charge on any atom is -0.497 e. The van der Waals surface area contributed by atoms with Crippen molar-refractivity contribution >= 4 is 21.8 Å². The van der Waals surface area contributed by atoms with E-state index >= 15 is 0 Å². The Labute approximate surface area is 147 Å². The number of carbonyl (C=O) groups excluding carboxylic acids is 1. The number of methoxy groups -OCH3 is 1. The van der Waals surface area contributed by atoms with E-state index in [9.17, 15) is 4.79 Å². The smallest absolute Gasteiger partial charge is 0.287 e. The molecule has 0 fully saturated rings. The summed E-state index contributed by atoms with van der Waals surface area (Å²) < 4.78 is 13.0. The molecule has 1 aromatic carbocycles. The molecule has 1 N–H and O–H groups in total. The quantitative estimate of drug-likeness (QED) is 0.726. The minimum absolute atomic E-state index is 0.226. The van der Waals surface area contributed by atoms with Crippen molar-refractivity contribution < 1.29 is 13.9 Å². The molecule has 0 spiro atoms. The highest BCUT2D eigenvalue weighted by atomic mass is 79.9. The van der Waals surface area contributed by atoms with E-state index in [-0.39, 0.29) is 11.7 Å². The molecule has 1 unspecified atom stereocenters. The van der Waals surface area contributed by atoms with Crippen molar-refractivity contribution in [2.75, 3.05) is 7.11 Å². The van der Waals surface area contributed by atoms with Crippen molar-refractivity contribution in [3.63, 3.8) is 0 Å². The Morgan fingerprint density at radius 2 is 2.21 bits per heavy atom. The van der Waals surface area contributed by atoms with Crippen LogP contribution in [-0.4, -0.2) is 22.6 Å². The Morgan fingerprint density at radius 1 is 1.38 bits per heavy atom. The molecular weight excluding hydrogens is 374 g/mol. The lowest BCUT2D eigenvalue weighted by molar-refractivity contribution is 0.0912. The molecule has 3 rings (SSSR count). The third kappa shape index (κ3) is 3.35. The summed E-state index contributed by atoms with van der Waals surface area (Å²) in [5.74, 6) is 1.32. The number of furan rings is 1. The number of carbonyl (C=O) groups is 1. The van der Waals surface area contributed by atoms with Crippen LogP contribution in [0.25, 0.3) is 0 Å². The van der Waals surface area contributed by atoms with E-state index in [1.807, 2.05) is 42.1 Å². The van der Waals surface area contributed by atoms with E-state index in [2.05, 4.69) is 26.2 Å². The lowest BCUT2D eigenvalue weighted by Gasteiger charge is -2.19. The van der Waals surface area contributed by atoms with Gasteiger partial charge in [0.15, 0.2) is 10.4 Å². The first-order valence-electron chi connectivity index (χ1n) is 7.26. The number of aromatic nitrogens is 2. The first-order valence-corrected chi connectivity index (χ1v) is 8.05. The Hall–Kier alpha value is -2.54. The summed E-state index contributed by atoms with van der Waals surface area (Å²) in [6.45, 7) is 0. The molecule has 0 aliphatic heterocycles. The van der Waals surface area contributed by atoms with Gasteiger partial charge in [-0.25, -0.2) is 4.98 Å². The van der Waals surface area contributed by atoms with Gasteiger partial charge in [0.2, 0.25) is 0 Å². The molecule has 1 amide bonds. The normalized spacial score (nSPS) is 12.0. The van der Waals surface area contributed by atoms with Gasteiger partial charge in [-0.3, -0.25) is 4.79 Å². The van der Waals surface area contributed by atoms with E-state index in [0.29, 0.717) is 16.2 Å². The first-order chi connectivity index (χ1) is 11.6. The number of nitrogens with one attached hydrogen (secondary N) is 1. The number of hydrogen-bond donors (Lipinski definition) is 1. The molecule has 7 heteroatoms. The molecular formula is C17H16BrN3O3. The molecule has 1 atom stereocenters. The first kappa shape index (κ1) is 16.3. The average molecular weight is 390 g/mol. The predicted octanol–water partition coefficient (Wildman–Crippen LogP) is 3.30. The maximum atomic E-state index is 12.5. The number of ether oxygens (including phenoxy) is 1. The van der Waals surface area contributed by atoms with E-state index in [4.69, 9.17) is 9.15 Å². The molecule has 0 aliphatic rings. The highest BCUT2D eigenvalue weighted by Crippen LogP contribution is 2.25. The zero-order valence-electron chi connectivity index (χ0n) is 13.2. The third-order valence-electron chi connectivity index (χ3n) is 3.62. The Bertz CT molecular complexity index is 856. The topological polar surface area (TPSA) is 69.3 Å². The summed E-state index contributed by atoms with van der Waals surface area (Å²) in [5.41, 5.74) is 0.864. The van der Waals surface area contributed by atoms with E-state index < -0.39 is 6.04 Å². The molecule has 24 heavy (non-hydrogen) atoms. The monoisotopic (exact) mass is 389 g/mol. The zero-order chi connectivity index (χ0) is 17.1. The molecule has 2 aromatic heterocycles. The van der Waals surface area contributed by atoms with Gasteiger partial charge < -0.3 is 19.0 Å². The van der Waals surface area contributed by atoms with Crippen LogP contribution in [0.2, 0.25) is 0 Å². The van der Waals surface area contributed by atoms with E-state index in [1.165, 1.54) is 0 Å². The number of imidazole rings is 1. The number of nitrogens with zero attached hydrogens (tertiary/aromatic N) is 2. The fraction of sp³-hybridized carbons (Fsp3) is 0.176. The van der Waals surface area contributed by atoms with Crippen LogP contribution in [0.15, 0.2) is 57.9 Å². The molecule has 3 aromatic rings. The third-order valence-corrected chi connectivity index (χ3v) is 4.04. The Kier molecular flexibility index (Phi) is 4.71. The van der Waals surface area contributed by atoms with Crippen molar-refractivity contribution in [2.45, 2.75) is 6.04 Å². The number of amides is 1. The SMILES string of the molecule is COc1cccc(C(NC(=O)c2ccc(Br)o2)c2nccn2C)c1. The molecule has 124 valence electrons. The summed E-state index contributed by atoms with van der Waals surface area (Å²) in [7, 11) is 3.49. The van der Waals surface area contributed by atoms with Gasteiger partial charge in [0.25, 0.3) is 5.91 Å². The van der Waals surface area contributed by atoms with Crippen LogP contribution in [0.3, 0.4) is 0 Å². The van der Waals surface area contributed by atoms with Crippen LogP contribution in [0, 0.1) is 0 Å². The van der Waals surface area contributed by atoms with Crippen molar-refractivity contribution in [3.8, 4) is 5.75 Å². The molecule has 0 radical (unpaired) electrons. The van der Waals surface area contributed by atoms with Crippen molar-refractivity contribution in [1.29, 1.82) is 0 Å². The fourth-order valence-corrected chi connectivity index (χ4v) is 2.72. The molecule has 2 heterocycles. The van der Waals surface area contributed by atoms with Crippen molar-refractivity contribution in [3.05, 3.63) is 70.6 Å². The highest BCUT2D eigenvalue weighted by molar-refractivity contribution is 9.10. The van der Waals surface area contributed by atoms with Crippen LogP contribution in [-0.2, 0) is 7.05 Å². The summed E-state index contributed by atoms with van der Waals surface area (Å²) in [6, 6.07) is 10.4. The van der Waals surface area contributed by atoms with Gasteiger partial charge in [-0.15, -0.1) is 0 Å². The summed E-state index contributed by atoms with van der Waals surface area (Å²) in [6.07, 6.45) is 3.52. The lowest BCUT2D eigenvalue weighted by atomic mass is 10.1. The van der Waals surface area contributed by atoms with Gasteiger partial charge in [0.05, 0.1) is 7.11 Å². The van der Waals surface area contributed by atoms with Crippen LogP contribution in [0.1, 0.15) is 28.0 Å². The van der Waals surface area contributed by atoms with Gasteiger partial charge in [-0.2, -0.15) is 0 Å². The second-order valence-electron chi connectivity index (χ2n) is 5.18. The number of halogens is 1. The molecule has 0 saturated heterocycles. The van der Waals surface area contributed by atoms with Crippen LogP contribution < -0.4 is 10.1 Å². The maximum Gasteiger partial charge on any atom is 0.287 e. The van der Waals surface area contributed by atoms with Crippen LogP contribution in [0.5, 0.6) is 5.75 Å². The second-order valence-corrected chi connectivity index (χ2v) is 5.96. The van der Waals surface area contributed by atoms with Gasteiger partial charge in [-0.05, 0) is 45.8 Å². The molecule has 0 aliphatic carbocycles. The largest absolute Gasteiger partial charge is 0.497 e. The summed E-state index contributed by atoms with van der Waals surface area (Å²) in [5, 5.41) is 2.97. The van der Waals surface area contributed by atoms with Crippen LogP contribution >= 0.6 is 15.9 Å². The minimum atomic E-state index is -0.434. The van der Waals surface area contributed by atoms with Crippen molar-refractivity contribution in [2.24, 2.45) is 7.05 Å². The molecule has 6 nitrogen and oxygen atoms in total. The van der Waals surface area contributed by atoms with Gasteiger partial charge in [0, 0.05) is 19.4 Å². The average Bonchev–Trinajstić information content (AvgIpc) is 3.21. The summed E-state index contributed by atoms with van der Waals surface area (Å²) >= 11 is 3.20. The number of hydrogen-bond acceptors (Lipinski definition) is 4. The second kappa shape index (κ2) is 6.92. The predicted molar refractivity (Wildman–Crippen MR) is 91.9 cm³/mol. The van der Waals surface area contributed by atoms with Crippen LogP contribution in [0.4, 0.5) is 0 Å². The summed E-state index contributed by atoms with van der Waals surface area (Å²) in [4.78, 5) is 16.9. The van der Waals surface area contributed by atoms with Crippen molar-refractivity contribution in [1.82, 2.24) is 14.9 Å². The van der Waals surface area contributed by atoms with Gasteiger partial charge in [-0.1, -0.05) is 12.1 Å². The maximum absolute atomic E-state index is 12.5. The zero-order valence-corrected chi connectivity index (χ0v) is 14.8. The van der Waals surface area contributed by atoms with Gasteiger partial charge >= 0.3 is 0 Å². The standard InChI is InChI=1S/C17H16BrN3O3/c1-21-9-8-19-16(21)15(11-4-3-5-12(10-11)23-2)20-17(22)13-6-7-14(18)24-13/h3-10,15H,1-2H3,(H,20,22). The number of benzene rings is 1. The number of aryl methyl sites for hydroxylation is 1. The van der Waals surface area contributed by atoms with E-state index in [0.717, 1.165) is 5.56 Å². The Balaban J connectivity index is 1.96. The van der Waals surface area contributed by atoms with Gasteiger partial charge in [0.1, 0.15) is 17.6 Å². The highest BCUT2D eigenvalue weighted by Gasteiger charge is 2.23.